The molecule has 0 aliphatic rings. The van der Waals surface area contributed by atoms with Crippen LogP contribution in [0, 0.1) is 5.82 Å². The molecule has 2 rings (SSSR count). The van der Waals surface area contributed by atoms with Gasteiger partial charge >= 0.3 is 7.12 Å². The van der Waals surface area contributed by atoms with Crippen LogP contribution in [0.1, 0.15) is 5.56 Å². The summed E-state index contributed by atoms with van der Waals surface area (Å²) in [5, 5.41) is 18.9. The van der Waals surface area contributed by atoms with Gasteiger partial charge in [-0.05, 0) is 23.8 Å². The number of halogens is 1. The van der Waals surface area contributed by atoms with Gasteiger partial charge in [0.1, 0.15) is 5.82 Å². The zero-order valence-electron chi connectivity index (χ0n) is 9.45. The van der Waals surface area contributed by atoms with Crippen molar-refractivity contribution in [2.75, 3.05) is 0 Å². The van der Waals surface area contributed by atoms with Crippen molar-refractivity contribution >= 4 is 24.3 Å². The first kappa shape index (κ1) is 13.1. The van der Waals surface area contributed by atoms with Gasteiger partial charge in [0, 0.05) is 17.4 Å². The Labute approximate surface area is 109 Å². The summed E-state index contributed by atoms with van der Waals surface area (Å²) in [5.41, 5.74) is 0.712. The molecule has 0 atom stereocenters. The molecule has 0 bridgehead atoms. The molecule has 6 heteroatoms. The van der Waals surface area contributed by atoms with E-state index in [1.165, 1.54) is 23.9 Å². The fourth-order valence-electron chi connectivity index (χ4n) is 1.47. The molecule has 0 unspecified atom stereocenters. The molecular formula is C12H11BFNO2S. The summed E-state index contributed by atoms with van der Waals surface area (Å²) >= 11 is 1.50. The SMILES string of the molecule is OB(O)c1cc(CSc2ccccn2)ccc1F. The van der Waals surface area contributed by atoms with Crippen LogP contribution in [0.25, 0.3) is 0 Å². The first-order valence-corrected chi connectivity index (χ1v) is 6.33. The quantitative estimate of drug-likeness (QED) is 0.642. The van der Waals surface area contributed by atoms with Gasteiger partial charge in [-0.25, -0.2) is 9.37 Å². The first-order valence-electron chi connectivity index (χ1n) is 5.35. The molecule has 0 aliphatic carbocycles. The Kier molecular flexibility index (Phi) is 4.35. The highest BCUT2D eigenvalue weighted by atomic mass is 32.2. The number of rotatable bonds is 4. The highest BCUT2D eigenvalue weighted by Crippen LogP contribution is 2.19. The van der Waals surface area contributed by atoms with Crippen LogP contribution in [0.15, 0.2) is 47.6 Å². The molecule has 0 radical (unpaired) electrons. The van der Waals surface area contributed by atoms with Gasteiger partial charge in [-0.1, -0.05) is 18.2 Å². The Morgan fingerprint density at radius 3 is 2.72 bits per heavy atom. The standard InChI is InChI=1S/C12H11BFNO2S/c14-11-5-4-9(7-10(11)13(16)17)8-18-12-3-1-2-6-15-12/h1-7,16-17H,8H2. The molecule has 92 valence electrons. The van der Waals surface area contributed by atoms with Crippen molar-refractivity contribution in [1.82, 2.24) is 4.98 Å². The van der Waals surface area contributed by atoms with E-state index in [2.05, 4.69) is 4.98 Å². The number of benzene rings is 1. The molecule has 0 spiro atoms. The maximum absolute atomic E-state index is 13.2. The molecule has 1 aromatic heterocycles. The summed E-state index contributed by atoms with van der Waals surface area (Å²) in [4.78, 5) is 4.16. The molecule has 0 fully saturated rings. The van der Waals surface area contributed by atoms with Crippen molar-refractivity contribution in [3.63, 3.8) is 0 Å². The molecule has 1 aromatic carbocycles. The smallest absolute Gasteiger partial charge is 0.423 e. The van der Waals surface area contributed by atoms with E-state index in [1.807, 2.05) is 18.2 Å². The van der Waals surface area contributed by atoms with E-state index in [4.69, 9.17) is 10.0 Å². The predicted molar refractivity (Wildman–Crippen MR) is 70.0 cm³/mol. The summed E-state index contributed by atoms with van der Waals surface area (Å²) in [6, 6.07) is 9.93. The summed E-state index contributed by atoms with van der Waals surface area (Å²) in [7, 11) is -1.79. The van der Waals surface area contributed by atoms with Crippen molar-refractivity contribution in [1.29, 1.82) is 0 Å². The molecule has 0 saturated carbocycles. The third kappa shape index (κ3) is 3.32. The maximum atomic E-state index is 13.2. The third-order valence-electron chi connectivity index (χ3n) is 2.36. The van der Waals surface area contributed by atoms with E-state index in [1.54, 1.807) is 12.3 Å². The van der Waals surface area contributed by atoms with Gasteiger partial charge in [0.15, 0.2) is 0 Å². The Morgan fingerprint density at radius 2 is 2.06 bits per heavy atom. The number of hydrogen-bond donors (Lipinski definition) is 2. The van der Waals surface area contributed by atoms with Crippen LogP contribution in [0.5, 0.6) is 0 Å². The van der Waals surface area contributed by atoms with E-state index >= 15 is 0 Å². The molecule has 0 aliphatic heterocycles. The molecule has 3 nitrogen and oxygen atoms in total. The molecule has 18 heavy (non-hydrogen) atoms. The van der Waals surface area contributed by atoms with Gasteiger partial charge < -0.3 is 10.0 Å². The van der Waals surface area contributed by atoms with Crippen molar-refractivity contribution < 1.29 is 14.4 Å². The van der Waals surface area contributed by atoms with Gasteiger partial charge in [-0.15, -0.1) is 11.8 Å². The number of hydrogen-bond acceptors (Lipinski definition) is 4. The van der Waals surface area contributed by atoms with Gasteiger partial charge in [-0.3, -0.25) is 0 Å². The van der Waals surface area contributed by atoms with E-state index in [9.17, 15) is 4.39 Å². The molecule has 0 amide bonds. The zero-order valence-corrected chi connectivity index (χ0v) is 10.3. The number of thioether (sulfide) groups is 1. The Bertz CT molecular complexity index is 525. The first-order chi connectivity index (χ1) is 8.66. The minimum absolute atomic E-state index is 0.103. The second kappa shape index (κ2) is 5.99. The van der Waals surface area contributed by atoms with Crippen molar-refractivity contribution in [3.8, 4) is 0 Å². The van der Waals surface area contributed by atoms with Crippen LogP contribution in [0.3, 0.4) is 0 Å². The predicted octanol–water partition coefficient (Wildman–Crippen LogP) is 1.19. The summed E-state index contributed by atoms with van der Waals surface area (Å²) < 4.78 is 13.2. The van der Waals surface area contributed by atoms with Gasteiger partial charge in [0.2, 0.25) is 0 Å². The monoisotopic (exact) mass is 263 g/mol. The molecular weight excluding hydrogens is 252 g/mol. The lowest BCUT2D eigenvalue weighted by Crippen LogP contribution is -2.33. The van der Waals surface area contributed by atoms with Gasteiger partial charge in [0.25, 0.3) is 0 Å². The lowest BCUT2D eigenvalue weighted by Gasteiger charge is -2.05. The van der Waals surface area contributed by atoms with E-state index in [0.29, 0.717) is 5.75 Å². The Hall–Kier alpha value is -1.37. The second-order valence-corrected chi connectivity index (χ2v) is 4.68. The molecule has 2 aromatic rings. The largest absolute Gasteiger partial charge is 0.491 e. The van der Waals surface area contributed by atoms with Crippen LogP contribution in [0.2, 0.25) is 0 Å². The molecule has 2 N–H and O–H groups in total. The van der Waals surface area contributed by atoms with Gasteiger partial charge in [-0.2, -0.15) is 0 Å². The summed E-state index contributed by atoms with van der Waals surface area (Å²) in [6.45, 7) is 0. The van der Waals surface area contributed by atoms with Crippen molar-refractivity contribution in [2.45, 2.75) is 10.8 Å². The second-order valence-electron chi connectivity index (χ2n) is 3.69. The average Bonchev–Trinajstić information content (AvgIpc) is 2.38. The number of nitrogens with zero attached hydrogens (tertiary/aromatic N) is 1. The summed E-state index contributed by atoms with van der Waals surface area (Å²) in [5.74, 6) is -0.0200. The van der Waals surface area contributed by atoms with Crippen LogP contribution in [-0.4, -0.2) is 22.2 Å². The summed E-state index contributed by atoms with van der Waals surface area (Å²) in [6.07, 6.45) is 1.70. The highest BCUT2D eigenvalue weighted by molar-refractivity contribution is 7.98. The minimum atomic E-state index is -1.79. The topological polar surface area (TPSA) is 53.4 Å². The normalized spacial score (nSPS) is 10.4. The van der Waals surface area contributed by atoms with E-state index in [-0.39, 0.29) is 5.46 Å². The minimum Gasteiger partial charge on any atom is -0.423 e. The van der Waals surface area contributed by atoms with E-state index in [0.717, 1.165) is 10.6 Å². The van der Waals surface area contributed by atoms with Crippen LogP contribution >= 0.6 is 11.8 Å². The number of aromatic nitrogens is 1. The Morgan fingerprint density at radius 1 is 1.22 bits per heavy atom. The van der Waals surface area contributed by atoms with Crippen LogP contribution < -0.4 is 5.46 Å². The fraction of sp³-hybridized carbons (Fsp3) is 0.0833. The van der Waals surface area contributed by atoms with Crippen LogP contribution in [-0.2, 0) is 5.75 Å². The fourth-order valence-corrected chi connectivity index (χ4v) is 2.27. The highest BCUT2D eigenvalue weighted by Gasteiger charge is 2.16. The third-order valence-corrected chi connectivity index (χ3v) is 3.38. The molecule has 1 heterocycles. The van der Waals surface area contributed by atoms with Crippen molar-refractivity contribution in [2.24, 2.45) is 0 Å². The zero-order chi connectivity index (χ0) is 13.0. The lowest BCUT2D eigenvalue weighted by molar-refractivity contribution is 0.423. The van der Waals surface area contributed by atoms with Gasteiger partial charge in [0.05, 0.1) is 5.03 Å². The Balaban J connectivity index is 2.08. The average molecular weight is 263 g/mol. The number of pyridine rings is 1. The molecule has 0 saturated heterocycles. The lowest BCUT2D eigenvalue weighted by atomic mass is 9.79. The van der Waals surface area contributed by atoms with Crippen molar-refractivity contribution in [3.05, 3.63) is 54.0 Å². The van der Waals surface area contributed by atoms with E-state index < -0.39 is 12.9 Å². The maximum Gasteiger partial charge on any atom is 0.491 e. The van der Waals surface area contributed by atoms with Crippen LogP contribution in [0.4, 0.5) is 4.39 Å².